The second kappa shape index (κ2) is 10.1. The summed E-state index contributed by atoms with van der Waals surface area (Å²) >= 11 is 0. The van der Waals surface area contributed by atoms with Crippen LogP contribution in [0, 0.1) is 0 Å². The van der Waals surface area contributed by atoms with Gasteiger partial charge in [0.2, 0.25) is 0 Å². The highest BCUT2D eigenvalue weighted by Gasteiger charge is 2.24. The van der Waals surface area contributed by atoms with E-state index >= 15 is 0 Å². The lowest BCUT2D eigenvalue weighted by molar-refractivity contribution is -0.110. The molecule has 0 fully saturated rings. The number of hydrogen-bond acceptors (Lipinski definition) is 5. The molecular weight excluding hydrogens is 456 g/mol. The normalized spacial score (nSPS) is 13.7. The minimum Gasteiger partial charge on any atom is -0.362 e. The second-order valence-electron chi connectivity index (χ2n) is 8.16. The van der Waals surface area contributed by atoms with Gasteiger partial charge in [-0.15, -0.1) is 0 Å². The van der Waals surface area contributed by atoms with Gasteiger partial charge in [-0.1, -0.05) is 24.3 Å². The van der Waals surface area contributed by atoms with E-state index in [1.807, 2.05) is 42.5 Å². The minimum absolute atomic E-state index is 0.0596. The van der Waals surface area contributed by atoms with Crippen molar-refractivity contribution >= 4 is 35.2 Å². The number of fused-ring (bicyclic) bond motifs is 1. The van der Waals surface area contributed by atoms with Gasteiger partial charge in [-0.25, -0.2) is 9.97 Å². The fraction of sp³-hybridized carbons (Fsp3) is 0.0741. The molecular formula is C27H22N6O3. The number of pyridine rings is 1. The second-order valence-corrected chi connectivity index (χ2v) is 8.16. The zero-order chi connectivity index (χ0) is 24.9. The molecule has 0 aliphatic carbocycles. The number of nitrogens with zero attached hydrogens (tertiary/aromatic N) is 3. The van der Waals surface area contributed by atoms with Crippen molar-refractivity contribution in [1.29, 1.82) is 0 Å². The van der Waals surface area contributed by atoms with Crippen molar-refractivity contribution in [3.8, 4) is 0 Å². The first kappa shape index (κ1) is 22.7. The Morgan fingerprint density at radius 1 is 1.08 bits per heavy atom. The standard InChI is InChI=1S/C27H22N6O3/c34-25(22-6-3-11-33(27(22)36)16-19-14-28-17-29-15-19)31-10-1-4-18-7-8-21-23(13-20-5-2-9-30-20)26(35)32-24(21)12-18/h1-9,11-15,17,30H,10,16H2,(H,31,34)(H,32,35)/b4-1+,23-13-. The topological polar surface area (TPSA) is 122 Å². The van der Waals surface area contributed by atoms with Crippen LogP contribution in [0.2, 0.25) is 0 Å². The van der Waals surface area contributed by atoms with Crippen molar-refractivity contribution in [2.75, 3.05) is 11.9 Å². The van der Waals surface area contributed by atoms with Crippen molar-refractivity contribution < 1.29 is 9.59 Å². The summed E-state index contributed by atoms with van der Waals surface area (Å²) in [6.07, 6.45) is 13.5. The SMILES string of the molecule is O=C1Nc2cc(/C=C/CNC(=O)c3cccn(Cc4cncnc4)c3=O)ccc2/C1=C/c1ccc[nH]1. The summed E-state index contributed by atoms with van der Waals surface area (Å²) in [5, 5.41) is 5.64. The summed E-state index contributed by atoms with van der Waals surface area (Å²) in [5.41, 5.74) is 4.33. The number of benzene rings is 1. The Hall–Kier alpha value is -5.05. The van der Waals surface area contributed by atoms with Crippen LogP contribution in [0.4, 0.5) is 5.69 Å². The Bertz CT molecular complexity index is 1540. The molecule has 0 saturated heterocycles. The number of rotatable bonds is 7. The van der Waals surface area contributed by atoms with E-state index in [-0.39, 0.29) is 30.1 Å². The Kier molecular flexibility index (Phi) is 6.35. The zero-order valence-corrected chi connectivity index (χ0v) is 19.1. The van der Waals surface area contributed by atoms with Crippen LogP contribution in [0.1, 0.15) is 32.7 Å². The summed E-state index contributed by atoms with van der Waals surface area (Å²) in [7, 11) is 0. The molecule has 3 aromatic heterocycles. The van der Waals surface area contributed by atoms with Gasteiger partial charge < -0.3 is 20.2 Å². The van der Waals surface area contributed by atoms with E-state index in [0.29, 0.717) is 5.57 Å². The van der Waals surface area contributed by atoms with Crippen molar-refractivity contribution in [2.24, 2.45) is 0 Å². The highest BCUT2D eigenvalue weighted by atomic mass is 16.2. The first-order valence-electron chi connectivity index (χ1n) is 11.3. The van der Waals surface area contributed by atoms with Gasteiger partial charge in [0, 0.05) is 53.8 Å². The van der Waals surface area contributed by atoms with E-state index < -0.39 is 5.91 Å². The summed E-state index contributed by atoms with van der Waals surface area (Å²) in [6.45, 7) is 0.512. The number of carbonyl (C=O) groups excluding carboxylic acids is 2. The van der Waals surface area contributed by atoms with Gasteiger partial charge >= 0.3 is 0 Å². The molecule has 9 heteroatoms. The molecule has 4 aromatic rings. The Morgan fingerprint density at radius 2 is 1.94 bits per heavy atom. The molecule has 36 heavy (non-hydrogen) atoms. The average Bonchev–Trinajstić information content (AvgIpc) is 3.51. The predicted molar refractivity (Wildman–Crippen MR) is 137 cm³/mol. The smallest absolute Gasteiger partial charge is 0.263 e. The van der Waals surface area contributed by atoms with Crippen LogP contribution in [-0.2, 0) is 11.3 Å². The zero-order valence-electron chi connectivity index (χ0n) is 19.1. The van der Waals surface area contributed by atoms with Crippen LogP contribution in [0.5, 0.6) is 0 Å². The number of nitrogens with one attached hydrogen (secondary N) is 3. The molecule has 2 amide bonds. The van der Waals surface area contributed by atoms with E-state index in [0.717, 1.165) is 28.1 Å². The number of aromatic amines is 1. The lowest BCUT2D eigenvalue weighted by Crippen LogP contribution is -2.33. The third-order valence-electron chi connectivity index (χ3n) is 5.67. The molecule has 9 nitrogen and oxygen atoms in total. The molecule has 4 heterocycles. The molecule has 0 atom stereocenters. The lowest BCUT2D eigenvalue weighted by atomic mass is 10.0. The van der Waals surface area contributed by atoms with Gasteiger partial charge in [0.05, 0.1) is 12.1 Å². The maximum Gasteiger partial charge on any atom is 0.263 e. The number of aromatic nitrogens is 4. The molecule has 0 bridgehead atoms. The van der Waals surface area contributed by atoms with Crippen molar-refractivity contribution in [3.05, 3.63) is 118 Å². The largest absolute Gasteiger partial charge is 0.362 e. The van der Waals surface area contributed by atoms with Crippen LogP contribution >= 0.6 is 0 Å². The van der Waals surface area contributed by atoms with Crippen LogP contribution in [0.15, 0.2) is 84.4 Å². The predicted octanol–water partition coefficient (Wildman–Crippen LogP) is 2.95. The van der Waals surface area contributed by atoms with Crippen molar-refractivity contribution in [2.45, 2.75) is 6.54 Å². The van der Waals surface area contributed by atoms with Crippen LogP contribution in [0.3, 0.4) is 0 Å². The first-order chi connectivity index (χ1) is 17.6. The summed E-state index contributed by atoms with van der Waals surface area (Å²) in [5.74, 6) is -0.607. The third-order valence-corrected chi connectivity index (χ3v) is 5.67. The number of carbonyl (C=O) groups is 2. The number of amides is 2. The van der Waals surface area contributed by atoms with Gasteiger partial charge in [0.1, 0.15) is 11.9 Å². The van der Waals surface area contributed by atoms with Crippen LogP contribution in [-0.4, -0.2) is 37.9 Å². The molecule has 5 rings (SSSR count). The van der Waals surface area contributed by atoms with E-state index in [4.69, 9.17) is 0 Å². The average molecular weight is 479 g/mol. The fourth-order valence-corrected chi connectivity index (χ4v) is 3.93. The lowest BCUT2D eigenvalue weighted by Gasteiger charge is -2.08. The Morgan fingerprint density at radius 3 is 2.75 bits per heavy atom. The van der Waals surface area contributed by atoms with Gasteiger partial charge in [0.25, 0.3) is 17.4 Å². The molecule has 0 saturated carbocycles. The highest BCUT2D eigenvalue weighted by Crippen LogP contribution is 2.33. The monoisotopic (exact) mass is 478 g/mol. The number of anilines is 1. The minimum atomic E-state index is -0.455. The Balaban J connectivity index is 1.22. The molecule has 1 aromatic carbocycles. The molecule has 178 valence electrons. The molecule has 1 aliphatic rings. The Labute approximate surface area is 206 Å². The maximum atomic E-state index is 12.7. The summed E-state index contributed by atoms with van der Waals surface area (Å²) in [6, 6.07) is 12.6. The van der Waals surface area contributed by atoms with E-state index in [1.54, 1.807) is 36.9 Å². The third kappa shape index (κ3) is 4.90. The fourth-order valence-electron chi connectivity index (χ4n) is 3.93. The molecule has 0 spiro atoms. The van der Waals surface area contributed by atoms with Gasteiger partial charge in [-0.3, -0.25) is 14.4 Å². The van der Waals surface area contributed by atoms with E-state index in [9.17, 15) is 14.4 Å². The first-order valence-corrected chi connectivity index (χ1v) is 11.3. The van der Waals surface area contributed by atoms with Crippen molar-refractivity contribution in [1.82, 2.24) is 24.8 Å². The number of hydrogen-bond donors (Lipinski definition) is 3. The molecule has 0 radical (unpaired) electrons. The van der Waals surface area contributed by atoms with Crippen LogP contribution < -0.4 is 16.2 Å². The van der Waals surface area contributed by atoms with Crippen molar-refractivity contribution in [3.63, 3.8) is 0 Å². The maximum absolute atomic E-state index is 12.7. The van der Waals surface area contributed by atoms with E-state index in [2.05, 4.69) is 25.6 Å². The summed E-state index contributed by atoms with van der Waals surface area (Å²) < 4.78 is 1.45. The van der Waals surface area contributed by atoms with Gasteiger partial charge in [-0.05, 0) is 42.0 Å². The van der Waals surface area contributed by atoms with Crippen LogP contribution in [0.25, 0.3) is 17.7 Å². The van der Waals surface area contributed by atoms with E-state index in [1.165, 1.54) is 17.0 Å². The number of H-pyrrole nitrogens is 1. The highest BCUT2D eigenvalue weighted by molar-refractivity contribution is 6.34. The molecule has 0 unspecified atom stereocenters. The molecule has 3 N–H and O–H groups in total. The van der Waals surface area contributed by atoms with Gasteiger partial charge in [0.15, 0.2) is 0 Å². The van der Waals surface area contributed by atoms with Gasteiger partial charge in [-0.2, -0.15) is 0 Å². The summed E-state index contributed by atoms with van der Waals surface area (Å²) in [4.78, 5) is 48.7. The quantitative estimate of drug-likeness (QED) is 0.353. The molecule has 1 aliphatic heterocycles.